The Kier molecular flexibility index (Phi) is 4.57. The van der Waals surface area contributed by atoms with Gasteiger partial charge in [0.15, 0.2) is 11.6 Å². The van der Waals surface area contributed by atoms with Gasteiger partial charge in [0.25, 0.3) is 0 Å². The van der Waals surface area contributed by atoms with Crippen molar-refractivity contribution in [1.82, 2.24) is 9.97 Å². The van der Waals surface area contributed by atoms with Crippen LogP contribution in [-0.4, -0.2) is 23.1 Å². The lowest BCUT2D eigenvalue weighted by Gasteiger charge is -2.24. The lowest BCUT2D eigenvalue weighted by atomic mass is 10.2. The number of nitrogens with two attached hydrogens (primary N) is 1. The zero-order valence-corrected chi connectivity index (χ0v) is 11.2. The molecule has 0 aliphatic heterocycles. The largest absolute Gasteiger partial charge is 0.330 e. The van der Waals surface area contributed by atoms with E-state index in [2.05, 4.69) is 9.97 Å². The third-order valence-corrected chi connectivity index (χ3v) is 2.93. The average Bonchev–Trinajstić information content (AvgIpc) is 2.45. The summed E-state index contributed by atoms with van der Waals surface area (Å²) < 4.78 is 28.1. The van der Waals surface area contributed by atoms with Crippen LogP contribution in [0.5, 0.6) is 0 Å². The number of para-hydroxylation sites is 1. The SMILES string of the molecule is Cc1ncnc(N(CCCN)c2ccccc2F)c1F. The highest BCUT2D eigenvalue weighted by atomic mass is 19.1. The predicted octanol–water partition coefficient (Wildman–Crippen LogP) is 2.55. The van der Waals surface area contributed by atoms with E-state index in [9.17, 15) is 8.78 Å². The molecule has 0 radical (unpaired) electrons. The molecule has 20 heavy (non-hydrogen) atoms. The molecule has 0 unspecified atom stereocenters. The second-order valence-electron chi connectivity index (χ2n) is 4.34. The Morgan fingerprint density at radius 1 is 1.20 bits per heavy atom. The summed E-state index contributed by atoms with van der Waals surface area (Å²) >= 11 is 0. The van der Waals surface area contributed by atoms with E-state index in [0.717, 1.165) is 0 Å². The van der Waals surface area contributed by atoms with Crippen LogP contribution in [0, 0.1) is 18.6 Å². The Labute approximate surface area is 116 Å². The van der Waals surface area contributed by atoms with Gasteiger partial charge in [0.05, 0.1) is 11.4 Å². The zero-order valence-electron chi connectivity index (χ0n) is 11.2. The van der Waals surface area contributed by atoms with Crippen molar-refractivity contribution >= 4 is 11.5 Å². The van der Waals surface area contributed by atoms with E-state index >= 15 is 0 Å². The van der Waals surface area contributed by atoms with Gasteiger partial charge in [0.2, 0.25) is 0 Å². The molecule has 0 aliphatic carbocycles. The minimum absolute atomic E-state index is 0.0658. The number of aromatic nitrogens is 2. The number of halogens is 2. The second kappa shape index (κ2) is 6.38. The number of nitrogens with zero attached hydrogens (tertiary/aromatic N) is 3. The summed E-state index contributed by atoms with van der Waals surface area (Å²) in [4.78, 5) is 9.22. The van der Waals surface area contributed by atoms with Gasteiger partial charge in [-0.15, -0.1) is 0 Å². The molecule has 0 fully saturated rings. The normalized spacial score (nSPS) is 10.6. The molecule has 6 heteroatoms. The van der Waals surface area contributed by atoms with Crippen molar-refractivity contribution in [2.75, 3.05) is 18.0 Å². The summed E-state index contributed by atoms with van der Waals surface area (Å²) in [6, 6.07) is 6.20. The summed E-state index contributed by atoms with van der Waals surface area (Å²) in [7, 11) is 0. The predicted molar refractivity (Wildman–Crippen MR) is 73.8 cm³/mol. The maximum atomic E-state index is 14.2. The fourth-order valence-corrected chi connectivity index (χ4v) is 1.89. The lowest BCUT2D eigenvalue weighted by molar-refractivity contribution is 0.590. The maximum Gasteiger partial charge on any atom is 0.187 e. The van der Waals surface area contributed by atoms with Gasteiger partial charge in [-0.05, 0) is 32.0 Å². The molecule has 2 rings (SSSR count). The molecule has 1 heterocycles. The van der Waals surface area contributed by atoms with E-state index in [1.807, 2.05) is 0 Å². The quantitative estimate of drug-likeness (QED) is 0.913. The van der Waals surface area contributed by atoms with Crippen LogP contribution in [-0.2, 0) is 0 Å². The molecule has 4 nitrogen and oxygen atoms in total. The molecule has 0 bridgehead atoms. The number of benzene rings is 1. The van der Waals surface area contributed by atoms with E-state index in [4.69, 9.17) is 5.73 Å². The van der Waals surface area contributed by atoms with Gasteiger partial charge < -0.3 is 10.6 Å². The number of hydrogen-bond donors (Lipinski definition) is 1. The molecule has 2 N–H and O–H groups in total. The fourth-order valence-electron chi connectivity index (χ4n) is 1.89. The van der Waals surface area contributed by atoms with Crippen LogP contribution in [0.15, 0.2) is 30.6 Å². The molecule has 2 aromatic rings. The molecule has 1 aromatic carbocycles. The van der Waals surface area contributed by atoms with Crippen LogP contribution in [0.1, 0.15) is 12.1 Å². The highest BCUT2D eigenvalue weighted by Gasteiger charge is 2.19. The first-order chi connectivity index (χ1) is 9.65. The van der Waals surface area contributed by atoms with Gasteiger partial charge in [-0.2, -0.15) is 0 Å². The molecule has 0 aliphatic rings. The first-order valence-corrected chi connectivity index (χ1v) is 6.34. The molecule has 106 valence electrons. The van der Waals surface area contributed by atoms with Crippen molar-refractivity contribution in [3.63, 3.8) is 0 Å². The van der Waals surface area contributed by atoms with Crippen molar-refractivity contribution in [2.45, 2.75) is 13.3 Å². The Hall–Kier alpha value is -2.08. The summed E-state index contributed by atoms with van der Waals surface area (Å²) in [5.41, 5.74) is 5.99. The third kappa shape index (κ3) is 2.91. The van der Waals surface area contributed by atoms with Crippen LogP contribution in [0.4, 0.5) is 20.3 Å². The minimum atomic E-state index is -0.548. The van der Waals surface area contributed by atoms with E-state index in [1.54, 1.807) is 25.1 Å². The molecule has 0 atom stereocenters. The van der Waals surface area contributed by atoms with E-state index in [0.29, 0.717) is 19.5 Å². The number of rotatable bonds is 5. The molecule has 0 saturated heterocycles. The molecular formula is C14H16F2N4. The third-order valence-electron chi connectivity index (χ3n) is 2.93. The summed E-state index contributed by atoms with van der Waals surface area (Å²) in [5, 5.41) is 0. The average molecular weight is 278 g/mol. The molecule has 1 aromatic heterocycles. The van der Waals surface area contributed by atoms with Crippen LogP contribution in [0.3, 0.4) is 0 Å². The summed E-state index contributed by atoms with van der Waals surface area (Å²) in [5.74, 6) is -0.913. The minimum Gasteiger partial charge on any atom is -0.330 e. The second-order valence-corrected chi connectivity index (χ2v) is 4.34. The van der Waals surface area contributed by atoms with Gasteiger partial charge in [0.1, 0.15) is 12.1 Å². The van der Waals surface area contributed by atoms with Crippen molar-refractivity contribution in [1.29, 1.82) is 0 Å². The number of anilines is 2. The van der Waals surface area contributed by atoms with Gasteiger partial charge in [-0.25, -0.2) is 18.7 Å². The highest BCUT2D eigenvalue weighted by molar-refractivity contribution is 5.61. The van der Waals surface area contributed by atoms with Crippen molar-refractivity contribution in [3.8, 4) is 0 Å². The lowest BCUT2D eigenvalue weighted by Crippen LogP contribution is -2.24. The van der Waals surface area contributed by atoms with Gasteiger partial charge in [0, 0.05) is 6.54 Å². The molecule has 0 spiro atoms. The Morgan fingerprint density at radius 2 is 1.95 bits per heavy atom. The van der Waals surface area contributed by atoms with E-state index < -0.39 is 11.6 Å². The highest BCUT2D eigenvalue weighted by Crippen LogP contribution is 2.28. The fraction of sp³-hybridized carbons (Fsp3) is 0.286. The van der Waals surface area contributed by atoms with Crippen molar-refractivity contribution < 1.29 is 8.78 Å². The maximum absolute atomic E-state index is 14.2. The number of hydrogen-bond acceptors (Lipinski definition) is 4. The summed E-state index contributed by atoms with van der Waals surface area (Å²) in [6.07, 6.45) is 1.86. The number of aryl methyl sites for hydroxylation is 1. The van der Waals surface area contributed by atoms with E-state index in [-0.39, 0.29) is 17.2 Å². The standard InChI is InChI=1S/C14H16F2N4/c1-10-13(16)14(19-9-18-10)20(8-4-7-17)12-6-3-2-5-11(12)15/h2-3,5-6,9H,4,7-8,17H2,1H3. The molecule has 0 amide bonds. The zero-order chi connectivity index (χ0) is 14.5. The smallest absolute Gasteiger partial charge is 0.187 e. The van der Waals surface area contributed by atoms with Gasteiger partial charge in [-0.3, -0.25) is 0 Å². The summed E-state index contributed by atoms with van der Waals surface area (Å²) in [6.45, 7) is 2.35. The molecular weight excluding hydrogens is 262 g/mol. The Bertz CT molecular complexity index is 589. The Morgan fingerprint density at radius 3 is 2.65 bits per heavy atom. The topological polar surface area (TPSA) is 55.0 Å². The van der Waals surface area contributed by atoms with Crippen LogP contribution in [0.2, 0.25) is 0 Å². The van der Waals surface area contributed by atoms with Crippen LogP contribution >= 0.6 is 0 Å². The first-order valence-electron chi connectivity index (χ1n) is 6.34. The Balaban J connectivity index is 2.47. The van der Waals surface area contributed by atoms with Crippen molar-refractivity contribution in [3.05, 3.63) is 47.9 Å². The van der Waals surface area contributed by atoms with Gasteiger partial charge in [-0.1, -0.05) is 12.1 Å². The van der Waals surface area contributed by atoms with Gasteiger partial charge >= 0.3 is 0 Å². The monoisotopic (exact) mass is 278 g/mol. The first kappa shape index (κ1) is 14.3. The molecule has 0 saturated carbocycles. The van der Waals surface area contributed by atoms with E-state index in [1.165, 1.54) is 17.3 Å². The van der Waals surface area contributed by atoms with Crippen LogP contribution in [0.25, 0.3) is 0 Å². The van der Waals surface area contributed by atoms with Crippen molar-refractivity contribution in [2.24, 2.45) is 5.73 Å². The van der Waals surface area contributed by atoms with Crippen LogP contribution < -0.4 is 10.6 Å².